The van der Waals surface area contributed by atoms with Gasteiger partial charge >= 0.3 is 0 Å². The molecule has 0 radical (unpaired) electrons. The topological polar surface area (TPSA) is 0 Å². The van der Waals surface area contributed by atoms with Crippen molar-refractivity contribution >= 4 is 8.40 Å². The smallest absolute Gasteiger partial charge is 0.0369 e. The summed E-state index contributed by atoms with van der Waals surface area (Å²) < 4.78 is 0. The van der Waals surface area contributed by atoms with Crippen molar-refractivity contribution < 1.29 is 0 Å². The zero-order chi connectivity index (χ0) is 17.1. The molecule has 24 heavy (non-hydrogen) atoms. The lowest BCUT2D eigenvalue weighted by atomic mass is 10.0. The lowest BCUT2D eigenvalue weighted by Crippen LogP contribution is -1.98. The standard InChI is InChI=1S/C23H42Si/c1-2-3-4-5-6-7-8-9-10-11-12-13-14-15-16-18-21-24-22-19-17-20-23-24/h17,19-20,22-23H,2-16,18,21H2,1H3. The zero-order valence-electron chi connectivity index (χ0n) is 16.4. The van der Waals surface area contributed by atoms with Crippen molar-refractivity contribution in [3.63, 3.8) is 0 Å². The maximum atomic E-state index is 2.44. The van der Waals surface area contributed by atoms with E-state index in [9.17, 15) is 0 Å². The molecule has 0 unspecified atom stereocenters. The van der Waals surface area contributed by atoms with E-state index in [0.717, 1.165) is 0 Å². The molecule has 1 heteroatoms. The summed E-state index contributed by atoms with van der Waals surface area (Å²) in [4.78, 5) is 0. The predicted molar refractivity (Wildman–Crippen MR) is 112 cm³/mol. The van der Waals surface area contributed by atoms with Crippen LogP contribution in [0.1, 0.15) is 110 Å². The van der Waals surface area contributed by atoms with Crippen LogP contribution in [0.25, 0.3) is 0 Å². The number of hydrogen-bond acceptors (Lipinski definition) is 0. The third-order valence-corrected chi connectivity index (χ3v) is 7.33. The van der Waals surface area contributed by atoms with E-state index in [0.29, 0.717) is 0 Å². The first-order chi connectivity index (χ1) is 11.9. The molecule has 0 aliphatic heterocycles. The highest BCUT2D eigenvalue weighted by Gasteiger charge is 1.96. The minimum atomic E-state index is -0.259. The summed E-state index contributed by atoms with van der Waals surface area (Å²) in [6, 6.07) is 8.08. The van der Waals surface area contributed by atoms with Crippen molar-refractivity contribution in [3.05, 3.63) is 29.6 Å². The highest BCUT2D eigenvalue weighted by Crippen LogP contribution is 2.13. The van der Waals surface area contributed by atoms with Crippen LogP contribution < -0.4 is 0 Å². The molecule has 1 aromatic heterocycles. The summed E-state index contributed by atoms with van der Waals surface area (Å²) in [5.41, 5.74) is 4.88. The molecule has 0 amide bonds. The molecule has 138 valence electrons. The third-order valence-electron chi connectivity index (χ3n) is 5.16. The Balaban J connectivity index is 1.70. The van der Waals surface area contributed by atoms with Crippen LogP contribution in [0.15, 0.2) is 29.6 Å². The largest absolute Gasteiger partial charge is 0.0778 e. The van der Waals surface area contributed by atoms with E-state index >= 15 is 0 Å². The fraction of sp³-hybridized carbons (Fsp3) is 0.783. The van der Waals surface area contributed by atoms with Crippen LogP contribution in [0.4, 0.5) is 0 Å². The predicted octanol–water partition coefficient (Wildman–Crippen LogP) is 7.97. The Hall–Kier alpha value is -0.433. The highest BCUT2D eigenvalue weighted by atomic mass is 28.2. The summed E-state index contributed by atoms with van der Waals surface area (Å²) in [5.74, 6) is 0. The lowest BCUT2D eigenvalue weighted by molar-refractivity contribution is 0.530. The molecule has 0 saturated heterocycles. The molecule has 1 heterocycles. The van der Waals surface area contributed by atoms with Crippen LogP contribution in [0.2, 0.25) is 0 Å². The molecule has 0 spiro atoms. The van der Waals surface area contributed by atoms with Crippen molar-refractivity contribution in [1.29, 1.82) is 0 Å². The Bertz CT molecular complexity index is 346. The number of unbranched alkanes of at least 4 members (excludes halogenated alkanes) is 15. The van der Waals surface area contributed by atoms with Gasteiger partial charge in [0, 0.05) is 8.40 Å². The molecule has 1 aromatic rings. The highest BCUT2D eigenvalue weighted by molar-refractivity contribution is 6.49. The molecule has 0 atom stereocenters. The van der Waals surface area contributed by atoms with Gasteiger partial charge in [-0.15, -0.1) is 0 Å². The Morgan fingerprint density at radius 1 is 0.458 bits per heavy atom. The quantitative estimate of drug-likeness (QED) is 0.198. The fourth-order valence-corrected chi connectivity index (χ4v) is 5.34. The molecule has 0 aromatic carbocycles. The van der Waals surface area contributed by atoms with Gasteiger partial charge < -0.3 is 0 Å². The minimum Gasteiger partial charge on any atom is -0.0778 e. The SMILES string of the molecule is CCCCCCCCCCCCCCCCCC[si]1ccccc1. The van der Waals surface area contributed by atoms with Crippen LogP contribution in [0.5, 0.6) is 0 Å². The molecule has 0 nitrogen and oxygen atoms in total. The van der Waals surface area contributed by atoms with Crippen molar-refractivity contribution in [2.75, 3.05) is 0 Å². The summed E-state index contributed by atoms with van der Waals surface area (Å²) >= 11 is 0. The number of rotatable bonds is 17. The second-order valence-corrected chi connectivity index (χ2v) is 9.86. The fourth-order valence-electron chi connectivity index (χ4n) is 3.52. The summed E-state index contributed by atoms with van der Waals surface area (Å²) in [6.45, 7) is 2.30. The monoisotopic (exact) mass is 346 g/mol. The second kappa shape index (κ2) is 17.4. The van der Waals surface area contributed by atoms with Gasteiger partial charge in [-0.1, -0.05) is 139 Å². The van der Waals surface area contributed by atoms with Crippen LogP contribution in [-0.4, -0.2) is 8.40 Å². The molecule has 0 aliphatic rings. The third kappa shape index (κ3) is 14.0. The van der Waals surface area contributed by atoms with Gasteiger partial charge in [-0.05, 0) is 6.04 Å². The molecule has 0 fully saturated rings. The van der Waals surface area contributed by atoms with Crippen LogP contribution in [0.3, 0.4) is 0 Å². The van der Waals surface area contributed by atoms with Crippen molar-refractivity contribution in [1.82, 2.24) is 0 Å². The number of hydrogen-bond donors (Lipinski definition) is 0. The van der Waals surface area contributed by atoms with E-state index in [-0.39, 0.29) is 8.40 Å². The van der Waals surface area contributed by atoms with Crippen molar-refractivity contribution in [3.8, 4) is 0 Å². The number of aryl methyl sites for hydroxylation is 1. The second-order valence-electron chi connectivity index (χ2n) is 7.54. The molecular formula is C23H42Si. The van der Waals surface area contributed by atoms with Gasteiger partial charge in [0.05, 0.1) is 0 Å². The summed E-state index contributed by atoms with van der Waals surface area (Å²) in [5, 5.41) is 0. The van der Waals surface area contributed by atoms with E-state index in [4.69, 9.17) is 0 Å². The van der Waals surface area contributed by atoms with Crippen LogP contribution >= 0.6 is 0 Å². The van der Waals surface area contributed by atoms with E-state index in [2.05, 4.69) is 36.5 Å². The Kier molecular flexibility index (Phi) is 15.7. The average Bonchev–Trinajstić information content (AvgIpc) is 2.62. The van der Waals surface area contributed by atoms with Crippen molar-refractivity contribution in [2.45, 2.75) is 116 Å². The van der Waals surface area contributed by atoms with Gasteiger partial charge in [0.1, 0.15) is 0 Å². The maximum Gasteiger partial charge on any atom is 0.0369 e. The van der Waals surface area contributed by atoms with E-state index in [1.807, 2.05) is 0 Å². The molecule has 0 N–H and O–H groups in total. The Morgan fingerprint density at radius 2 is 0.833 bits per heavy atom. The first-order valence-electron chi connectivity index (χ1n) is 11.0. The Labute approximate surface area is 154 Å². The van der Waals surface area contributed by atoms with Gasteiger partial charge in [0.2, 0.25) is 0 Å². The Morgan fingerprint density at radius 3 is 1.25 bits per heavy atom. The van der Waals surface area contributed by atoms with Gasteiger partial charge in [-0.3, -0.25) is 0 Å². The zero-order valence-corrected chi connectivity index (χ0v) is 17.4. The first kappa shape index (κ1) is 21.6. The first-order valence-corrected chi connectivity index (χ1v) is 12.8. The molecular weight excluding hydrogens is 304 g/mol. The van der Waals surface area contributed by atoms with Crippen LogP contribution in [-0.2, 0) is 6.04 Å². The van der Waals surface area contributed by atoms with Gasteiger partial charge in [-0.2, -0.15) is 0 Å². The van der Waals surface area contributed by atoms with E-state index in [1.54, 1.807) is 0 Å². The molecule has 1 rings (SSSR count). The van der Waals surface area contributed by atoms with Crippen molar-refractivity contribution in [2.24, 2.45) is 0 Å². The van der Waals surface area contributed by atoms with Gasteiger partial charge in [0.15, 0.2) is 0 Å². The molecule has 0 saturated carbocycles. The average molecular weight is 347 g/mol. The van der Waals surface area contributed by atoms with Gasteiger partial charge in [0.25, 0.3) is 0 Å². The molecule has 0 bridgehead atoms. The minimum absolute atomic E-state index is 0.259. The van der Waals surface area contributed by atoms with Crippen LogP contribution in [0, 0.1) is 0 Å². The van der Waals surface area contributed by atoms with E-state index in [1.165, 1.54) is 109 Å². The normalized spacial score (nSPS) is 11.0. The summed E-state index contributed by atoms with van der Waals surface area (Å²) in [6.07, 6.45) is 23.4. The lowest BCUT2D eigenvalue weighted by Gasteiger charge is -2.04. The van der Waals surface area contributed by atoms with Gasteiger partial charge in [-0.25, -0.2) is 0 Å². The van der Waals surface area contributed by atoms with E-state index < -0.39 is 0 Å². The summed E-state index contributed by atoms with van der Waals surface area (Å²) in [7, 11) is -0.259. The maximum absolute atomic E-state index is 2.44. The molecule has 0 aliphatic carbocycles.